The average Bonchev–Trinajstić information content (AvgIpc) is 2.11. The Morgan fingerprint density at radius 3 is 2.73 bits per heavy atom. The summed E-state index contributed by atoms with van der Waals surface area (Å²) in [5.74, 6) is -0.671. The number of nitrogens with two attached hydrogens (primary N) is 2. The van der Waals surface area contributed by atoms with E-state index in [9.17, 15) is 14.4 Å². The summed E-state index contributed by atoms with van der Waals surface area (Å²) in [7, 11) is 0. The first-order valence-corrected chi connectivity index (χ1v) is 4.05. The number of hydrogen-bond donors (Lipinski definition) is 3. The van der Waals surface area contributed by atoms with Crippen LogP contribution in [0.15, 0.2) is 23.1 Å². The summed E-state index contributed by atoms with van der Waals surface area (Å²) in [6.45, 7) is -0.299. The monoisotopic (exact) mass is 210 g/mol. The van der Waals surface area contributed by atoms with Crippen LogP contribution in [0.1, 0.15) is 0 Å². The second kappa shape index (κ2) is 4.27. The summed E-state index contributed by atoms with van der Waals surface area (Å²) in [4.78, 5) is 32.7. The summed E-state index contributed by atoms with van der Waals surface area (Å²) in [6.07, 6.45) is 1.39. The number of primary amides is 1. The van der Waals surface area contributed by atoms with Crippen molar-refractivity contribution in [3.05, 3.63) is 28.7 Å². The number of nitrogen functional groups attached to an aromatic ring is 1. The normalized spacial score (nSPS) is 9.60. The first-order chi connectivity index (χ1) is 7.00. The first kappa shape index (κ1) is 10.8. The van der Waals surface area contributed by atoms with E-state index in [1.165, 1.54) is 18.3 Å². The maximum absolute atomic E-state index is 11.3. The number of nitrogens with zero attached hydrogens (tertiary/aromatic N) is 1. The molecule has 80 valence electrons. The third-order valence-corrected chi connectivity index (χ3v) is 1.63. The lowest BCUT2D eigenvalue weighted by Crippen LogP contribution is -2.39. The fraction of sp³-hybridized carbons (Fsp3) is 0.125. The van der Waals surface area contributed by atoms with Gasteiger partial charge in [-0.05, 0) is 12.1 Å². The van der Waals surface area contributed by atoms with E-state index in [0.29, 0.717) is 0 Å². The fourth-order valence-electron chi connectivity index (χ4n) is 1.01. The summed E-state index contributed by atoms with van der Waals surface area (Å²) in [6, 6.07) is 1.98. The van der Waals surface area contributed by atoms with E-state index >= 15 is 0 Å². The molecule has 1 aromatic rings. The van der Waals surface area contributed by atoms with Crippen molar-refractivity contribution in [2.24, 2.45) is 5.73 Å². The van der Waals surface area contributed by atoms with Gasteiger partial charge in [-0.1, -0.05) is 0 Å². The van der Waals surface area contributed by atoms with E-state index in [-0.39, 0.29) is 12.2 Å². The van der Waals surface area contributed by atoms with Crippen LogP contribution < -0.4 is 22.3 Å². The fourth-order valence-corrected chi connectivity index (χ4v) is 1.01. The zero-order valence-electron chi connectivity index (χ0n) is 7.77. The third-order valence-electron chi connectivity index (χ3n) is 1.63. The highest BCUT2D eigenvalue weighted by Gasteiger charge is 2.06. The number of carbonyl (C=O) groups excluding carboxylic acids is 2. The van der Waals surface area contributed by atoms with E-state index in [0.717, 1.165) is 4.57 Å². The maximum atomic E-state index is 11.3. The highest BCUT2D eigenvalue weighted by molar-refractivity contribution is 5.93. The second-order valence-electron chi connectivity index (χ2n) is 2.81. The van der Waals surface area contributed by atoms with Gasteiger partial charge in [0.25, 0.3) is 5.56 Å². The van der Waals surface area contributed by atoms with Gasteiger partial charge in [0.2, 0.25) is 5.91 Å². The molecule has 0 aliphatic carbocycles. The Balaban J connectivity index is 2.82. The number of hydrogen-bond acceptors (Lipinski definition) is 4. The predicted octanol–water partition coefficient (Wildman–Crippen LogP) is -1.37. The Kier molecular flexibility index (Phi) is 3.06. The Bertz CT molecular complexity index is 451. The molecule has 1 heterocycles. The van der Waals surface area contributed by atoms with Crippen LogP contribution in [0.25, 0.3) is 0 Å². The van der Waals surface area contributed by atoms with E-state index in [1.807, 2.05) is 5.32 Å². The van der Waals surface area contributed by atoms with Gasteiger partial charge >= 0.3 is 6.03 Å². The van der Waals surface area contributed by atoms with Crippen molar-refractivity contribution >= 4 is 17.6 Å². The number of amides is 3. The van der Waals surface area contributed by atoms with Gasteiger partial charge in [-0.15, -0.1) is 0 Å². The molecule has 1 aromatic heterocycles. The zero-order chi connectivity index (χ0) is 11.4. The van der Waals surface area contributed by atoms with Crippen LogP contribution in [-0.4, -0.2) is 16.5 Å². The molecule has 5 N–H and O–H groups in total. The number of carbonyl (C=O) groups is 2. The number of anilines is 1. The third kappa shape index (κ3) is 2.83. The molecule has 0 saturated carbocycles. The Morgan fingerprint density at radius 2 is 2.13 bits per heavy atom. The highest BCUT2D eigenvalue weighted by Crippen LogP contribution is 1.91. The topological polar surface area (TPSA) is 120 Å². The standard InChI is InChI=1S/C8H10N4O3/c9-5-2-1-3-12(7(5)14)4-6(13)11-8(10)15/h1-3H,4,9H2,(H3,10,11,13,15). The molecule has 3 amide bonds. The van der Waals surface area contributed by atoms with Crippen LogP contribution in [0.2, 0.25) is 0 Å². The second-order valence-corrected chi connectivity index (χ2v) is 2.81. The van der Waals surface area contributed by atoms with Crippen molar-refractivity contribution in [1.82, 2.24) is 9.88 Å². The lowest BCUT2D eigenvalue weighted by Gasteiger charge is -2.04. The van der Waals surface area contributed by atoms with Crippen LogP contribution in [0, 0.1) is 0 Å². The van der Waals surface area contributed by atoms with Crippen molar-refractivity contribution in [2.75, 3.05) is 5.73 Å². The summed E-state index contributed by atoms with van der Waals surface area (Å²) in [5, 5.41) is 1.84. The molecule has 0 atom stereocenters. The average molecular weight is 210 g/mol. The number of rotatable bonds is 2. The molecule has 0 aliphatic rings. The molecule has 0 unspecified atom stereocenters. The molecular weight excluding hydrogens is 200 g/mol. The number of pyridine rings is 1. The van der Waals surface area contributed by atoms with Gasteiger partial charge in [0, 0.05) is 6.20 Å². The van der Waals surface area contributed by atoms with E-state index < -0.39 is 17.5 Å². The van der Waals surface area contributed by atoms with Crippen molar-refractivity contribution < 1.29 is 9.59 Å². The molecule has 0 bridgehead atoms. The minimum absolute atomic E-state index is 0.0318. The molecular formula is C8H10N4O3. The van der Waals surface area contributed by atoms with E-state index in [2.05, 4.69) is 0 Å². The number of nitrogens with one attached hydrogen (secondary N) is 1. The van der Waals surface area contributed by atoms with Gasteiger partial charge in [-0.3, -0.25) is 14.9 Å². The lowest BCUT2D eigenvalue weighted by molar-refractivity contribution is -0.120. The Labute approximate surface area is 84.7 Å². The zero-order valence-corrected chi connectivity index (χ0v) is 7.77. The van der Waals surface area contributed by atoms with Gasteiger partial charge in [0.05, 0.1) is 5.69 Å². The number of aromatic nitrogens is 1. The van der Waals surface area contributed by atoms with Gasteiger partial charge in [-0.2, -0.15) is 0 Å². The largest absolute Gasteiger partial charge is 0.394 e. The van der Waals surface area contributed by atoms with Gasteiger partial charge < -0.3 is 16.0 Å². The summed E-state index contributed by atoms with van der Waals surface area (Å²) in [5.41, 5.74) is 9.62. The van der Waals surface area contributed by atoms with Crippen LogP contribution in [0.5, 0.6) is 0 Å². The molecule has 0 fully saturated rings. The van der Waals surface area contributed by atoms with Gasteiger partial charge in [-0.25, -0.2) is 4.79 Å². The van der Waals surface area contributed by atoms with Crippen molar-refractivity contribution in [2.45, 2.75) is 6.54 Å². The van der Waals surface area contributed by atoms with E-state index in [4.69, 9.17) is 11.5 Å². The highest BCUT2D eigenvalue weighted by atomic mass is 16.2. The molecule has 0 saturated heterocycles. The minimum atomic E-state index is -0.961. The summed E-state index contributed by atoms with van der Waals surface area (Å²) < 4.78 is 1.08. The molecule has 0 aliphatic heterocycles. The van der Waals surface area contributed by atoms with Crippen LogP contribution >= 0.6 is 0 Å². The molecule has 1 rings (SSSR count). The molecule has 7 heteroatoms. The quantitative estimate of drug-likeness (QED) is 0.557. The van der Waals surface area contributed by atoms with Crippen LogP contribution in [0.3, 0.4) is 0 Å². The lowest BCUT2D eigenvalue weighted by atomic mass is 10.4. The van der Waals surface area contributed by atoms with Crippen molar-refractivity contribution in [1.29, 1.82) is 0 Å². The first-order valence-electron chi connectivity index (χ1n) is 4.05. The molecule has 0 radical (unpaired) electrons. The van der Waals surface area contributed by atoms with Gasteiger partial charge in [0.1, 0.15) is 6.54 Å². The smallest absolute Gasteiger partial charge is 0.318 e. The summed E-state index contributed by atoms with van der Waals surface area (Å²) >= 11 is 0. The number of urea groups is 1. The molecule has 0 spiro atoms. The van der Waals surface area contributed by atoms with Crippen LogP contribution in [0.4, 0.5) is 10.5 Å². The molecule has 7 nitrogen and oxygen atoms in total. The van der Waals surface area contributed by atoms with Crippen molar-refractivity contribution in [3.8, 4) is 0 Å². The predicted molar refractivity (Wildman–Crippen MR) is 52.8 cm³/mol. The van der Waals surface area contributed by atoms with Crippen molar-refractivity contribution in [3.63, 3.8) is 0 Å². The van der Waals surface area contributed by atoms with Gasteiger partial charge in [0.15, 0.2) is 0 Å². The Hall–Kier alpha value is -2.31. The van der Waals surface area contributed by atoms with Crippen LogP contribution in [-0.2, 0) is 11.3 Å². The van der Waals surface area contributed by atoms with E-state index in [1.54, 1.807) is 0 Å². The maximum Gasteiger partial charge on any atom is 0.318 e. The number of imide groups is 1. The molecule has 0 aromatic carbocycles. The SMILES string of the molecule is NC(=O)NC(=O)Cn1cccc(N)c1=O. The Morgan fingerprint density at radius 1 is 1.47 bits per heavy atom. The molecule has 15 heavy (non-hydrogen) atoms. The minimum Gasteiger partial charge on any atom is -0.394 e.